The third-order valence-corrected chi connectivity index (χ3v) is 4.47. The van der Waals surface area contributed by atoms with Gasteiger partial charge in [-0.1, -0.05) is 0 Å². The first-order chi connectivity index (χ1) is 11.5. The molecular formula is C17H18N2O4S. The first-order valence-electron chi connectivity index (χ1n) is 7.42. The number of nitriles is 1. The molecule has 6 nitrogen and oxygen atoms in total. The van der Waals surface area contributed by atoms with Crippen LogP contribution >= 0.6 is 0 Å². The fraction of sp³-hybridized carbons (Fsp3) is 0.235. The number of anilines is 1. The maximum Gasteiger partial charge on any atom is 0.262 e. The summed E-state index contributed by atoms with van der Waals surface area (Å²) in [4.78, 5) is 0.0683. The minimum atomic E-state index is -3.77. The molecule has 0 unspecified atom stereocenters. The van der Waals surface area contributed by atoms with Gasteiger partial charge in [-0.15, -0.1) is 0 Å². The number of hydrogen-bond acceptors (Lipinski definition) is 5. The zero-order chi connectivity index (χ0) is 17.6. The molecule has 0 saturated heterocycles. The van der Waals surface area contributed by atoms with Crippen LogP contribution in [0.1, 0.15) is 19.4 Å². The first kappa shape index (κ1) is 17.6. The second kappa shape index (κ2) is 7.70. The van der Waals surface area contributed by atoms with E-state index in [-0.39, 0.29) is 4.90 Å². The summed E-state index contributed by atoms with van der Waals surface area (Å²) >= 11 is 0. The SMILES string of the molecule is CCOc1ccc(S(=O)(=O)Nc2ccc(C#N)cc2)cc1OCC. The fourth-order valence-electron chi connectivity index (χ4n) is 2.03. The van der Waals surface area contributed by atoms with Crippen molar-refractivity contribution in [3.63, 3.8) is 0 Å². The van der Waals surface area contributed by atoms with Crippen LogP contribution in [0, 0.1) is 11.3 Å². The Morgan fingerprint density at radius 2 is 1.62 bits per heavy atom. The van der Waals surface area contributed by atoms with Gasteiger partial charge in [-0.05, 0) is 50.2 Å². The van der Waals surface area contributed by atoms with Gasteiger partial charge in [0.05, 0.1) is 29.7 Å². The number of ether oxygens (including phenoxy) is 2. The number of benzene rings is 2. The van der Waals surface area contributed by atoms with E-state index in [1.807, 2.05) is 19.9 Å². The van der Waals surface area contributed by atoms with E-state index < -0.39 is 10.0 Å². The van der Waals surface area contributed by atoms with Crippen molar-refractivity contribution in [3.8, 4) is 17.6 Å². The van der Waals surface area contributed by atoms with Crippen molar-refractivity contribution in [1.29, 1.82) is 5.26 Å². The molecule has 1 N–H and O–H groups in total. The van der Waals surface area contributed by atoms with Gasteiger partial charge in [-0.3, -0.25) is 4.72 Å². The highest BCUT2D eigenvalue weighted by molar-refractivity contribution is 7.92. The quantitative estimate of drug-likeness (QED) is 0.832. The predicted octanol–water partition coefficient (Wildman–Crippen LogP) is 3.16. The number of rotatable bonds is 7. The van der Waals surface area contributed by atoms with Gasteiger partial charge in [-0.25, -0.2) is 8.42 Å². The van der Waals surface area contributed by atoms with E-state index in [0.29, 0.717) is 36.0 Å². The lowest BCUT2D eigenvalue weighted by molar-refractivity contribution is 0.287. The molecule has 0 fully saturated rings. The van der Waals surface area contributed by atoms with E-state index in [1.54, 1.807) is 18.2 Å². The molecule has 126 valence electrons. The molecule has 0 heterocycles. The van der Waals surface area contributed by atoms with Gasteiger partial charge in [0.25, 0.3) is 10.0 Å². The minimum Gasteiger partial charge on any atom is -0.490 e. The average Bonchev–Trinajstić information content (AvgIpc) is 2.57. The van der Waals surface area contributed by atoms with Gasteiger partial charge in [-0.2, -0.15) is 5.26 Å². The predicted molar refractivity (Wildman–Crippen MR) is 90.7 cm³/mol. The highest BCUT2D eigenvalue weighted by atomic mass is 32.2. The smallest absolute Gasteiger partial charge is 0.262 e. The highest BCUT2D eigenvalue weighted by Crippen LogP contribution is 2.31. The van der Waals surface area contributed by atoms with E-state index in [4.69, 9.17) is 14.7 Å². The van der Waals surface area contributed by atoms with Crippen LogP contribution in [-0.2, 0) is 10.0 Å². The Kier molecular flexibility index (Phi) is 5.66. The normalized spacial score (nSPS) is 10.7. The maximum absolute atomic E-state index is 12.5. The van der Waals surface area contributed by atoms with Crippen molar-refractivity contribution in [2.75, 3.05) is 17.9 Å². The van der Waals surface area contributed by atoms with Gasteiger partial charge in [0, 0.05) is 11.8 Å². The van der Waals surface area contributed by atoms with E-state index in [1.165, 1.54) is 24.3 Å². The largest absolute Gasteiger partial charge is 0.490 e. The van der Waals surface area contributed by atoms with Crippen molar-refractivity contribution in [2.45, 2.75) is 18.7 Å². The monoisotopic (exact) mass is 346 g/mol. The van der Waals surface area contributed by atoms with Crippen molar-refractivity contribution < 1.29 is 17.9 Å². The topological polar surface area (TPSA) is 88.4 Å². The summed E-state index contributed by atoms with van der Waals surface area (Å²) in [6.45, 7) is 4.50. The minimum absolute atomic E-state index is 0.0683. The summed E-state index contributed by atoms with van der Waals surface area (Å²) in [7, 11) is -3.77. The molecule has 0 spiro atoms. The highest BCUT2D eigenvalue weighted by Gasteiger charge is 2.17. The Morgan fingerprint density at radius 3 is 2.21 bits per heavy atom. The molecule has 2 aromatic carbocycles. The second-order valence-electron chi connectivity index (χ2n) is 4.77. The third kappa shape index (κ3) is 4.18. The summed E-state index contributed by atoms with van der Waals surface area (Å²) in [6, 6.07) is 12.6. The van der Waals surface area contributed by atoms with E-state index in [9.17, 15) is 8.42 Å². The van der Waals surface area contributed by atoms with Crippen molar-refractivity contribution in [1.82, 2.24) is 0 Å². The molecule has 0 aliphatic heterocycles. The molecule has 0 aliphatic carbocycles. The Bertz CT molecular complexity index is 840. The van der Waals surface area contributed by atoms with Crippen molar-refractivity contribution >= 4 is 15.7 Å². The molecular weight excluding hydrogens is 328 g/mol. The number of nitrogens with zero attached hydrogens (tertiary/aromatic N) is 1. The van der Waals surface area contributed by atoms with Crippen LogP contribution in [0.25, 0.3) is 0 Å². The Morgan fingerprint density at radius 1 is 1.00 bits per heavy atom. The fourth-order valence-corrected chi connectivity index (χ4v) is 3.10. The summed E-state index contributed by atoms with van der Waals surface area (Å²) in [5, 5.41) is 8.78. The average molecular weight is 346 g/mol. The Balaban J connectivity index is 2.30. The van der Waals surface area contributed by atoms with Crippen LogP contribution < -0.4 is 14.2 Å². The lowest BCUT2D eigenvalue weighted by Crippen LogP contribution is -2.13. The molecule has 0 amide bonds. The Hall–Kier alpha value is -2.72. The third-order valence-electron chi connectivity index (χ3n) is 3.09. The first-order valence-corrected chi connectivity index (χ1v) is 8.91. The maximum atomic E-state index is 12.5. The van der Waals surface area contributed by atoms with E-state index in [0.717, 1.165) is 0 Å². The lowest BCUT2D eigenvalue weighted by Gasteiger charge is -2.13. The second-order valence-corrected chi connectivity index (χ2v) is 6.45. The summed E-state index contributed by atoms with van der Waals surface area (Å²) < 4.78 is 38.4. The van der Waals surface area contributed by atoms with Crippen LogP contribution in [-0.4, -0.2) is 21.6 Å². The number of nitrogens with one attached hydrogen (secondary N) is 1. The van der Waals surface area contributed by atoms with Gasteiger partial charge < -0.3 is 9.47 Å². The van der Waals surface area contributed by atoms with Gasteiger partial charge in [0.1, 0.15) is 0 Å². The van der Waals surface area contributed by atoms with Crippen LogP contribution in [0.2, 0.25) is 0 Å². The Labute approximate surface area is 141 Å². The number of sulfonamides is 1. The van der Waals surface area contributed by atoms with E-state index >= 15 is 0 Å². The molecule has 7 heteroatoms. The molecule has 0 aliphatic rings. The standard InChI is InChI=1S/C17H18N2O4S/c1-3-22-16-10-9-15(11-17(16)23-4-2)24(20,21)19-14-7-5-13(12-18)6-8-14/h5-11,19H,3-4H2,1-2H3. The molecule has 2 aromatic rings. The molecule has 0 atom stereocenters. The molecule has 0 bridgehead atoms. The molecule has 0 aromatic heterocycles. The van der Waals surface area contributed by atoms with Gasteiger partial charge in [0.2, 0.25) is 0 Å². The molecule has 24 heavy (non-hydrogen) atoms. The summed E-state index contributed by atoms with van der Waals surface area (Å²) in [5.74, 6) is 0.874. The van der Waals surface area contributed by atoms with Crippen LogP contribution in [0.5, 0.6) is 11.5 Å². The van der Waals surface area contributed by atoms with Gasteiger partial charge in [0.15, 0.2) is 11.5 Å². The van der Waals surface area contributed by atoms with Crippen molar-refractivity contribution in [3.05, 3.63) is 48.0 Å². The lowest BCUT2D eigenvalue weighted by atomic mass is 10.2. The number of hydrogen-bond donors (Lipinski definition) is 1. The van der Waals surface area contributed by atoms with Crippen LogP contribution in [0.3, 0.4) is 0 Å². The zero-order valence-corrected chi connectivity index (χ0v) is 14.3. The van der Waals surface area contributed by atoms with Crippen LogP contribution in [0.15, 0.2) is 47.4 Å². The molecule has 0 saturated carbocycles. The van der Waals surface area contributed by atoms with Gasteiger partial charge >= 0.3 is 0 Å². The summed E-state index contributed by atoms with van der Waals surface area (Å²) in [6.07, 6.45) is 0. The van der Waals surface area contributed by atoms with Crippen LogP contribution in [0.4, 0.5) is 5.69 Å². The molecule has 2 rings (SSSR count). The zero-order valence-electron chi connectivity index (χ0n) is 13.4. The van der Waals surface area contributed by atoms with E-state index in [2.05, 4.69) is 4.72 Å². The van der Waals surface area contributed by atoms with Crippen molar-refractivity contribution in [2.24, 2.45) is 0 Å². The summed E-state index contributed by atoms with van der Waals surface area (Å²) in [5.41, 5.74) is 0.832. The molecule has 0 radical (unpaired) electrons.